The molecule has 0 aliphatic heterocycles. The molecule has 2 heterocycles. The van der Waals surface area contributed by atoms with Crippen molar-refractivity contribution in [3.8, 4) is 0 Å². The molecule has 0 amide bonds. The molecule has 3 aromatic rings. The highest BCUT2D eigenvalue weighted by molar-refractivity contribution is 6.20. The number of rotatable bonds is 5. The van der Waals surface area contributed by atoms with Gasteiger partial charge in [0.15, 0.2) is 0 Å². The van der Waals surface area contributed by atoms with Gasteiger partial charge in [-0.3, -0.25) is 4.79 Å². The number of aromatic nitrogens is 1. The number of ketones is 1. The van der Waals surface area contributed by atoms with Crippen LogP contribution < -0.4 is 0 Å². The van der Waals surface area contributed by atoms with Crippen LogP contribution in [0.1, 0.15) is 47.1 Å². The lowest BCUT2D eigenvalue weighted by molar-refractivity contribution is 0.0556. The Bertz CT molecular complexity index is 1130. The number of fused-ring (bicyclic) bond motifs is 1. The van der Waals surface area contributed by atoms with Gasteiger partial charge in [0.1, 0.15) is 16.8 Å². The molecule has 0 fully saturated rings. The quantitative estimate of drug-likeness (QED) is 0.372. The van der Waals surface area contributed by atoms with E-state index >= 15 is 0 Å². The number of carbonyl (C=O) groups is 4. The number of pyridine rings is 1. The highest BCUT2D eigenvalue weighted by Crippen LogP contribution is 2.28. The minimum atomic E-state index is -0.881. The van der Waals surface area contributed by atoms with Crippen molar-refractivity contribution in [1.29, 1.82) is 0 Å². The number of methoxy groups -OCH3 is 3. The van der Waals surface area contributed by atoms with Gasteiger partial charge in [0.2, 0.25) is 5.78 Å². The molecule has 0 atom stereocenters. The van der Waals surface area contributed by atoms with Gasteiger partial charge in [0.25, 0.3) is 0 Å². The maximum atomic E-state index is 13.2. The summed E-state index contributed by atoms with van der Waals surface area (Å²) in [5, 5.41) is 0. The van der Waals surface area contributed by atoms with E-state index in [-0.39, 0.29) is 27.9 Å². The van der Waals surface area contributed by atoms with Crippen LogP contribution in [0.2, 0.25) is 0 Å². The average Bonchev–Trinajstić information content (AvgIpc) is 3.11. The molecule has 3 rings (SSSR count). The van der Waals surface area contributed by atoms with Gasteiger partial charge in [-0.1, -0.05) is 30.3 Å². The third-order valence-corrected chi connectivity index (χ3v) is 4.39. The second-order valence-corrected chi connectivity index (χ2v) is 5.94. The molecule has 0 aliphatic rings. The Labute approximate surface area is 165 Å². The average molecular weight is 395 g/mol. The molecule has 0 aliphatic carbocycles. The molecule has 0 saturated heterocycles. The number of hydrogen-bond acceptors (Lipinski definition) is 7. The van der Waals surface area contributed by atoms with Crippen LogP contribution in [0.25, 0.3) is 5.52 Å². The molecule has 0 unspecified atom stereocenters. The van der Waals surface area contributed by atoms with Crippen molar-refractivity contribution < 1.29 is 33.4 Å². The third-order valence-electron chi connectivity index (χ3n) is 4.39. The van der Waals surface area contributed by atoms with Crippen molar-refractivity contribution in [1.82, 2.24) is 4.40 Å². The van der Waals surface area contributed by atoms with Crippen LogP contribution in [0.4, 0.5) is 0 Å². The van der Waals surface area contributed by atoms with Crippen LogP contribution in [-0.2, 0) is 14.2 Å². The van der Waals surface area contributed by atoms with E-state index < -0.39 is 23.7 Å². The highest BCUT2D eigenvalue weighted by atomic mass is 16.5. The molecule has 0 bridgehead atoms. The van der Waals surface area contributed by atoms with Crippen LogP contribution in [-0.4, -0.2) is 49.4 Å². The van der Waals surface area contributed by atoms with E-state index in [1.807, 2.05) is 0 Å². The van der Waals surface area contributed by atoms with E-state index in [2.05, 4.69) is 0 Å². The van der Waals surface area contributed by atoms with E-state index in [0.717, 1.165) is 14.2 Å². The Morgan fingerprint density at radius 2 is 1.31 bits per heavy atom. The number of nitrogens with zero attached hydrogens (tertiary/aromatic N) is 1. The molecule has 0 N–H and O–H groups in total. The van der Waals surface area contributed by atoms with Crippen molar-refractivity contribution in [2.75, 3.05) is 21.3 Å². The number of ether oxygens (including phenoxy) is 3. The molecule has 8 heteroatoms. The fourth-order valence-corrected chi connectivity index (χ4v) is 3.06. The molecule has 0 radical (unpaired) electrons. The maximum absolute atomic E-state index is 13.2. The summed E-state index contributed by atoms with van der Waals surface area (Å²) in [5.41, 5.74) is 0.0946. The molecule has 1 aromatic carbocycles. The van der Waals surface area contributed by atoms with Crippen molar-refractivity contribution in [2.45, 2.75) is 0 Å². The minimum absolute atomic E-state index is 0.0742. The van der Waals surface area contributed by atoms with Gasteiger partial charge in [-0.05, 0) is 12.1 Å². The van der Waals surface area contributed by atoms with Gasteiger partial charge < -0.3 is 18.6 Å². The lowest BCUT2D eigenvalue weighted by Gasteiger charge is -2.06. The Hall–Kier alpha value is -3.94. The fraction of sp³-hybridized carbons (Fsp3) is 0.143. The van der Waals surface area contributed by atoms with Crippen LogP contribution in [0, 0.1) is 0 Å². The molecule has 8 nitrogen and oxygen atoms in total. The van der Waals surface area contributed by atoms with Crippen molar-refractivity contribution >= 4 is 29.2 Å². The van der Waals surface area contributed by atoms with E-state index in [4.69, 9.17) is 14.2 Å². The van der Waals surface area contributed by atoms with Gasteiger partial charge in [-0.15, -0.1) is 0 Å². The Morgan fingerprint density at radius 3 is 1.90 bits per heavy atom. The van der Waals surface area contributed by atoms with Crippen LogP contribution in [0.15, 0.2) is 48.7 Å². The number of carbonyl (C=O) groups excluding carboxylic acids is 4. The zero-order valence-electron chi connectivity index (χ0n) is 15.9. The normalized spacial score (nSPS) is 10.4. The Morgan fingerprint density at radius 1 is 0.724 bits per heavy atom. The second kappa shape index (κ2) is 7.97. The number of benzene rings is 1. The van der Waals surface area contributed by atoms with Gasteiger partial charge in [0.05, 0.1) is 32.4 Å². The Balaban J connectivity index is 2.42. The molecule has 0 saturated carbocycles. The summed E-state index contributed by atoms with van der Waals surface area (Å²) in [7, 11) is 3.51. The number of hydrogen-bond donors (Lipinski definition) is 0. The minimum Gasteiger partial charge on any atom is -0.465 e. The highest BCUT2D eigenvalue weighted by Gasteiger charge is 2.33. The van der Waals surface area contributed by atoms with E-state index in [0.29, 0.717) is 5.56 Å². The van der Waals surface area contributed by atoms with Gasteiger partial charge in [-0.25, -0.2) is 14.4 Å². The van der Waals surface area contributed by atoms with Crippen LogP contribution in [0.5, 0.6) is 0 Å². The lowest BCUT2D eigenvalue weighted by Crippen LogP contribution is -2.15. The largest absolute Gasteiger partial charge is 0.465 e. The first-order valence-corrected chi connectivity index (χ1v) is 8.47. The van der Waals surface area contributed by atoms with Gasteiger partial charge in [0, 0.05) is 11.8 Å². The zero-order valence-corrected chi connectivity index (χ0v) is 15.9. The first kappa shape index (κ1) is 19.8. The Kier molecular flexibility index (Phi) is 5.45. The predicted octanol–water partition coefficient (Wildman–Crippen LogP) is 2.53. The third kappa shape index (κ3) is 3.36. The molecule has 2 aromatic heterocycles. The van der Waals surface area contributed by atoms with Crippen molar-refractivity contribution in [3.05, 3.63) is 76.6 Å². The van der Waals surface area contributed by atoms with Crippen LogP contribution >= 0.6 is 0 Å². The summed E-state index contributed by atoms with van der Waals surface area (Å²) in [5.74, 6) is -2.87. The van der Waals surface area contributed by atoms with E-state index in [1.54, 1.807) is 30.3 Å². The predicted molar refractivity (Wildman–Crippen MR) is 101 cm³/mol. The SMILES string of the molecule is COC(=O)c1ccn2c(C(=O)c3ccccc3)c(C(=O)OC)c(C(=O)OC)c2c1. The summed E-state index contributed by atoms with van der Waals surface area (Å²) in [4.78, 5) is 50.3. The smallest absolute Gasteiger partial charge is 0.341 e. The molecular weight excluding hydrogens is 378 g/mol. The lowest BCUT2D eigenvalue weighted by atomic mass is 10.0. The molecule has 0 spiro atoms. The van der Waals surface area contributed by atoms with Crippen LogP contribution in [0.3, 0.4) is 0 Å². The van der Waals surface area contributed by atoms with E-state index in [9.17, 15) is 19.2 Å². The summed E-state index contributed by atoms with van der Waals surface area (Å²) in [6, 6.07) is 11.0. The molecular formula is C21H17NO7. The summed E-state index contributed by atoms with van der Waals surface area (Å²) < 4.78 is 15.7. The molecule has 29 heavy (non-hydrogen) atoms. The first-order valence-electron chi connectivity index (χ1n) is 8.47. The van der Waals surface area contributed by atoms with Gasteiger partial charge >= 0.3 is 17.9 Å². The monoisotopic (exact) mass is 395 g/mol. The summed E-state index contributed by atoms with van der Waals surface area (Å²) >= 11 is 0. The first-order chi connectivity index (χ1) is 13.9. The molecule has 148 valence electrons. The van der Waals surface area contributed by atoms with Gasteiger partial charge in [-0.2, -0.15) is 0 Å². The topological polar surface area (TPSA) is 100 Å². The fourth-order valence-electron chi connectivity index (χ4n) is 3.06. The maximum Gasteiger partial charge on any atom is 0.341 e. The zero-order chi connectivity index (χ0) is 21.1. The second-order valence-electron chi connectivity index (χ2n) is 5.94. The van der Waals surface area contributed by atoms with E-state index in [1.165, 1.54) is 29.8 Å². The van der Waals surface area contributed by atoms with Crippen molar-refractivity contribution in [2.24, 2.45) is 0 Å². The van der Waals surface area contributed by atoms with Crippen molar-refractivity contribution in [3.63, 3.8) is 0 Å². The summed E-state index contributed by atoms with van der Waals surface area (Å²) in [6.45, 7) is 0. The summed E-state index contributed by atoms with van der Waals surface area (Å²) in [6.07, 6.45) is 1.41. The standard InChI is InChI=1S/C21H17NO7/c1-27-19(24)13-9-10-22-14(11-13)15(20(25)28-2)16(21(26)29-3)17(22)18(23)12-7-5-4-6-8-12/h4-11H,1-3H3. The number of esters is 3.